The van der Waals surface area contributed by atoms with Gasteiger partial charge in [-0.15, -0.1) is 0 Å². The average Bonchev–Trinajstić information content (AvgIpc) is 2.27. The van der Waals surface area contributed by atoms with Crippen LogP contribution in [0.4, 0.5) is 13.2 Å². The van der Waals surface area contributed by atoms with Gasteiger partial charge in [0.05, 0.1) is 7.11 Å². The summed E-state index contributed by atoms with van der Waals surface area (Å²) in [4.78, 5) is 10.8. The van der Waals surface area contributed by atoms with Gasteiger partial charge in [0.1, 0.15) is 5.82 Å². The van der Waals surface area contributed by atoms with Crippen molar-refractivity contribution in [1.82, 2.24) is 0 Å². The van der Waals surface area contributed by atoms with E-state index in [1.54, 1.807) is 0 Å². The van der Waals surface area contributed by atoms with E-state index in [4.69, 9.17) is 0 Å². The molecule has 0 aliphatic carbocycles. The maximum absolute atomic E-state index is 13.2. The highest BCUT2D eigenvalue weighted by molar-refractivity contribution is 5.69. The van der Waals surface area contributed by atoms with E-state index < -0.39 is 18.2 Å². The summed E-state index contributed by atoms with van der Waals surface area (Å²) in [5.41, 5.74) is -0.149. The summed E-state index contributed by atoms with van der Waals surface area (Å²) in [6.07, 6.45) is -2.61. The number of halogens is 3. The summed E-state index contributed by atoms with van der Waals surface area (Å²) in [6, 6.07) is 3.08. The van der Waals surface area contributed by atoms with Gasteiger partial charge in [0, 0.05) is 12.0 Å². The highest BCUT2D eigenvalue weighted by Crippen LogP contribution is 2.22. The second-order valence-corrected chi connectivity index (χ2v) is 3.23. The lowest BCUT2D eigenvalue weighted by Crippen LogP contribution is -2.03. The van der Waals surface area contributed by atoms with Gasteiger partial charge in [0.15, 0.2) is 0 Å². The first-order chi connectivity index (χ1) is 7.54. The van der Waals surface area contributed by atoms with E-state index in [1.165, 1.54) is 7.11 Å². The average molecular weight is 232 g/mol. The van der Waals surface area contributed by atoms with Crippen LogP contribution >= 0.6 is 0 Å². The molecule has 0 N–H and O–H groups in total. The zero-order valence-corrected chi connectivity index (χ0v) is 8.67. The van der Waals surface area contributed by atoms with Crippen LogP contribution in [0, 0.1) is 5.82 Å². The Balaban J connectivity index is 2.78. The molecule has 0 atom stereocenters. The molecule has 1 aromatic carbocycles. The summed E-state index contributed by atoms with van der Waals surface area (Å²) in [6.45, 7) is 0. The number of aryl methyl sites for hydroxylation is 1. The van der Waals surface area contributed by atoms with Crippen LogP contribution in [-0.4, -0.2) is 13.1 Å². The van der Waals surface area contributed by atoms with Crippen LogP contribution in [0.15, 0.2) is 18.2 Å². The van der Waals surface area contributed by atoms with Gasteiger partial charge in [-0.25, -0.2) is 13.2 Å². The fraction of sp³-hybridized carbons (Fsp3) is 0.364. The molecule has 0 radical (unpaired) electrons. The molecule has 0 heterocycles. The molecular formula is C11H11F3O2. The molecule has 0 unspecified atom stereocenters. The topological polar surface area (TPSA) is 26.3 Å². The van der Waals surface area contributed by atoms with Gasteiger partial charge in [-0.05, 0) is 24.1 Å². The van der Waals surface area contributed by atoms with Crippen LogP contribution in [-0.2, 0) is 16.0 Å². The van der Waals surface area contributed by atoms with E-state index in [2.05, 4.69) is 4.74 Å². The lowest BCUT2D eigenvalue weighted by atomic mass is 10.1. The van der Waals surface area contributed by atoms with Crippen molar-refractivity contribution in [3.63, 3.8) is 0 Å². The van der Waals surface area contributed by atoms with Gasteiger partial charge in [0.25, 0.3) is 6.43 Å². The Labute approximate surface area is 91.0 Å². The second-order valence-electron chi connectivity index (χ2n) is 3.23. The molecule has 1 rings (SSSR count). The van der Waals surface area contributed by atoms with Crippen molar-refractivity contribution in [2.75, 3.05) is 7.11 Å². The highest BCUT2D eigenvalue weighted by atomic mass is 19.3. The number of rotatable bonds is 4. The zero-order chi connectivity index (χ0) is 12.1. The van der Waals surface area contributed by atoms with E-state index >= 15 is 0 Å². The van der Waals surface area contributed by atoms with Crippen molar-refractivity contribution in [1.29, 1.82) is 0 Å². The largest absolute Gasteiger partial charge is 0.469 e. The van der Waals surface area contributed by atoms with Gasteiger partial charge < -0.3 is 4.74 Å². The lowest BCUT2D eigenvalue weighted by molar-refractivity contribution is -0.140. The quantitative estimate of drug-likeness (QED) is 0.746. The van der Waals surface area contributed by atoms with Crippen LogP contribution in [0.5, 0.6) is 0 Å². The number of hydrogen-bond acceptors (Lipinski definition) is 2. The molecule has 0 spiro atoms. The lowest BCUT2D eigenvalue weighted by Gasteiger charge is -2.05. The molecule has 16 heavy (non-hydrogen) atoms. The summed E-state index contributed by atoms with van der Waals surface area (Å²) in [5.74, 6) is -1.09. The van der Waals surface area contributed by atoms with Crippen LogP contribution < -0.4 is 0 Å². The third-order valence-corrected chi connectivity index (χ3v) is 2.15. The molecule has 0 fully saturated rings. The number of alkyl halides is 2. The molecule has 0 amide bonds. The summed E-state index contributed by atoms with van der Waals surface area (Å²) in [5, 5.41) is 0. The Hall–Kier alpha value is -1.52. The molecule has 0 bridgehead atoms. The number of ether oxygens (including phenoxy) is 1. The van der Waals surface area contributed by atoms with Crippen molar-refractivity contribution in [2.24, 2.45) is 0 Å². The SMILES string of the molecule is COC(=O)CCc1cc(C(F)F)ccc1F. The molecule has 0 aromatic heterocycles. The number of esters is 1. The van der Waals surface area contributed by atoms with Gasteiger partial charge in [-0.1, -0.05) is 6.07 Å². The molecule has 0 saturated carbocycles. The molecule has 5 heteroatoms. The van der Waals surface area contributed by atoms with Crippen molar-refractivity contribution >= 4 is 5.97 Å². The fourth-order valence-electron chi connectivity index (χ4n) is 1.26. The Kier molecular flexibility index (Phi) is 4.34. The third-order valence-electron chi connectivity index (χ3n) is 2.15. The highest BCUT2D eigenvalue weighted by Gasteiger charge is 2.11. The molecule has 1 aromatic rings. The monoisotopic (exact) mass is 232 g/mol. The third kappa shape index (κ3) is 3.25. The number of hydrogen-bond donors (Lipinski definition) is 0. The van der Waals surface area contributed by atoms with E-state index in [-0.39, 0.29) is 24.0 Å². The predicted molar refractivity (Wildman–Crippen MR) is 51.7 cm³/mol. The minimum absolute atomic E-state index is 0.0277. The van der Waals surface area contributed by atoms with E-state index in [0.717, 1.165) is 18.2 Å². The van der Waals surface area contributed by atoms with Crippen LogP contribution in [0.25, 0.3) is 0 Å². The van der Waals surface area contributed by atoms with E-state index in [1.807, 2.05) is 0 Å². The standard InChI is InChI=1S/C11H11F3O2/c1-16-10(15)5-3-7-6-8(11(13)14)2-4-9(7)12/h2,4,6,11H,3,5H2,1H3. The van der Waals surface area contributed by atoms with Crippen LogP contribution in [0.3, 0.4) is 0 Å². The number of carbonyl (C=O) groups is 1. The molecule has 0 aliphatic rings. The molecule has 88 valence electrons. The maximum Gasteiger partial charge on any atom is 0.305 e. The number of carbonyl (C=O) groups excluding carboxylic acids is 1. The smallest absolute Gasteiger partial charge is 0.305 e. The van der Waals surface area contributed by atoms with E-state index in [9.17, 15) is 18.0 Å². The van der Waals surface area contributed by atoms with Crippen molar-refractivity contribution in [3.05, 3.63) is 35.1 Å². The van der Waals surface area contributed by atoms with Gasteiger partial charge >= 0.3 is 5.97 Å². The molecule has 0 aliphatic heterocycles. The molecule has 2 nitrogen and oxygen atoms in total. The first kappa shape index (κ1) is 12.5. The maximum atomic E-state index is 13.2. The van der Waals surface area contributed by atoms with E-state index in [0.29, 0.717) is 0 Å². The van der Waals surface area contributed by atoms with Gasteiger partial charge in [-0.2, -0.15) is 0 Å². The summed E-state index contributed by atoms with van der Waals surface area (Å²) < 4.78 is 42.2. The van der Waals surface area contributed by atoms with Crippen LogP contribution in [0.2, 0.25) is 0 Å². The first-order valence-corrected chi connectivity index (χ1v) is 4.68. The minimum Gasteiger partial charge on any atom is -0.469 e. The van der Waals surface area contributed by atoms with Gasteiger partial charge in [-0.3, -0.25) is 4.79 Å². The Bertz CT molecular complexity index is 377. The fourth-order valence-corrected chi connectivity index (χ4v) is 1.26. The van der Waals surface area contributed by atoms with Crippen molar-refractivity contribution in [3.8, 4) is 0 Å². The number of benzene rings is 1. The summed E-state index contributed by atoms with van der Waals surface area (Å²) >= 11 is 0. The van der Waals surface area contributed by atoms with Crippen molar-refractivity contribution < 1.29 is 22.7 Å². The molecule has 0 saturated heterocycles. The zero-order valence-electron chi connectivity index (χ0n) is 8.67. The number of methoxy groups -OCH3 is 1. The van der Waals surface area contributed by atoms with Crippen molar-refractivity contribution in [2.45, 2.75) is 19.3 Å². The Morgan fingerprint density at radius 1 is 1.44 bits per heavy atom. The normalized spacial score (nSPS) is 10.6. The summed E-state index contributed by atoms with van der Waals surface area (Å²) in [7, 11) is 1.22. The Morgan fingerprint density at radius 3 is 2.69 bits per heavy atom. The molecular weight excluding hydrogens is 221 g/mol. The van der Waals surface area contributed by atoms with Gasteiger partial charge in [0.2, 0.25) is 0 Å². The second kappa shape index (κ2) is 5.53. The minimum atomic E-state index is -2.64. The first-order valence-electron chi connectivity index (χ1n) is 4.68. The van der Waals surface area contributed by atoms with Crippen LogP contribution in [0.1, 0.15) is 24.0 Å². The predicted octanol–water partition coefficient (Wildman–Crippen LogP) is 2.87. The Morgan fingerprint density at radius 2 is 2.12 bits per heavy atom.